The molecular formula is C22H25NO. The SMILES string of the molecule is C.CCC(C)Oc1ccc(/C=C/c2ccnc3ccccc23)cc1. The molecule has 2 nitrogen and oxygen atoms in total. The topological polar surface area (TPSA) is 22.1 Å². The Labute approximate surface area is 144 Å². The van der Waals surface area contributed by atoms with Gasteiger partial charge < -0.3 is 4.74 Å². The molecule has 0 radical (unpaired) electrons. The lowest BCUT2D eigenvalue weighted by atomic mass is 10.1. The molecular weight excluding hydrogens is 294 g/mol. The van der Waals surface area contributed by atoms with Gasteiger partial charge in [0.2, 0.25) is 0 Å². The number of hydrogen-bond donors (Lipinski definition) is 0. The number of ether oxygens (including phenoxy) is 1. The van der Waals surface area contributed by atoms with Gasteiger partial charge in [0.05, 0.1) is 11.6 Å². The molecule has 0 N–H and O–H groups in total. The molecule has 0 aliphatic rings. The summed E-state index contributed by atoms with van der Waals surface area (Å²) < 4.78 is 5.81. The molecule has 0 aliphatic carbocycles. The van der Waals surface area contributed by atoms with E-state index in [9.17, 15) is 0 Å². The van der Waals surface area contributed by atoms with Crippen LogP contribution in [0.15, 0.2) is 60.8 Å². The zero-order chi connectivity index (χ0) is 16.1. The van der Waals surface area contributed by atoms with Crippen LogP contribution >= 0.6 is 0 Å². The molecule has 3 aromatic rings. The first-order chi connectivity index (χ1) is 11.3. The Kier molecular flexibility index (Phi) is 6.14. The Hall–Kier alpha value is -2.61. The van der Waals surface area contributed by atoms with E-state index in [-0.39, 0.29) is 13.5 Å². The van der Waals surface area contributed by atoms with Crippen molar-refractivity contribution >= 4 is 23.1 Å². The molecule has 1 atom stereocenters. The van der Waals surface area contributed by atoms with Crippen LogP contribution in [0.25, 0.3) is 23.1 Å². The molecule has 124 valence electrons. The second kappa shape index (κ2) is 8.30. The maximum absolute atomic E-state index is 5.81. The van der Waals surface area contributed by atoms with Crippen LogP contribution in [-0.2, 0) is 0 Å². The molecule has 2 heteroatoms. The van der Waals surface area contributed by atoms with Crippen molar-refractivity contribution in [2.24, 2.45) is 0 Å². The lowest BCUT2D eigenvalue weighted by Gasteiger charge is -2.12. The summed E-state index contributed by atoms with van der Waals surface area (Å²) in [6, 6.07) is 18.4. The zero-order valence-corrected chi connectivity index (χ0v) is 13.6. The Morgan fingerprint density at radius 3 is 2.50 bits per heavy atom. The Morgan fingerprint density at radius 1 is 1.00 bits per heavy atom. The fourth-order valence-corrected chi connectivity index (χ4v) is 2.42. The van der Waals surface area contributed by atoms with Crippen molar-refractivity contribution in [2.75, 3.05) is 0 Å². The Bertz CT molecular complexity index is 800. The number of hydrogen-bond acceptors (Lipinski definition) is 2. The van der Waals surface area contributed by atoms with E-state index < -0.39 is 0 Å². The molecule has 0 saturated carbocycles. The van der Waals surface area contributed by atoms with Gasteiger partial charge in [0.1, 0.15) is 5.75 Å². The van der Waals surface area contributed by atoms with E-state index >= 15 is 0 Å². The van der Waals surface area contributed by atoms with E-state index in [0.717, 1.165) is 23.3 Å². The molecule has 2 aromatic carbocycles. The second-order valence-electron chi connectivity index (χ2n) is 5.66. The van der Waals surface area contributed by atoms with E-state index in [0.29, 0.717) is 0 Å². The van der Waals surface area contributed by atoms with Gasteiger partial charge in [0.25, 0.3) is 0 Å². The van der Waals surface area contributed by atoms with Crippen LogP contribution in [0.2, 0.25) is 0 Å². The van der Waals surface area contributed by atoms with Gasteiger partial charge in [-0.3, -0.25) is 4.98 Å². The van der Waals surface area contributed by atoms with Crippen LogP contribution in [0.4, 0.5) is 0 Å². The highest BCUT2D eigenvalue weighted by molar-refractivity contribution is 5.90. The molecule has 0 spiro atoms. The van der Waals surface area contributed by atoms with Gasteiger partial charge >= 0.3 is 0 Å². The summed E-state index contributed by atoms with van der Waals surface area (Å²) in [6.45, 7) is 4.21. The van der Waals surface area contributed by atoms with Crippen LogP contribution < -0.4 is 4.74 Å². The highest BCUT2D eigenvalue weighted by Crippen LogP contribution is 2.20. The molecule has 3 rings (SSSR count). The third kappa shape index (κ3) is 4.23. The molecule has 0 fully saturated rings. The quantitative estimate of drug-likeness (QED) is 0.557. The molecule has 0 bridgehead atoms. The molecule has 1 aromatic heterocycles. The minimum absolute atomic E-state index is 0. The van der Waals surface area contributed by atoms with Gasteiger partial charge in [-0.15, -0.1) is 0 Å². The molecule has 0 saturated heterocycles. The number of benzene rings is 2. The third-order valence-corrected chi connectivity index (χ3v) is 3.93. The smallest absolute Gasteiger partial charge is 0.119 e. The number of rotatable bonds is 5. The van der Waals surface area contributed by atoms with Gasteiger partial charge in [-0.05, 0) is 48.7 Å². The standard InChI is InChI=1S/C21H21NO.CH4/c1-3-16(2)23-19-12-9-17(10-13-19)8-11-18-14-15-22-21-7-5-4-6-20(18)21;/h4-16H,3H2,1-2H3;1H4/b11-8+;. The fourth-order valence-electron chi connectivity index (χ4n) is 2.42. The normalized spacial score (nSPS) is 12.1. The van der Waals surface area contributed by atoms with E-state index in [1.807, 2.05) is 42.6 Å². The predicted octanol–water partition coefficient (Wildman–Crippen LogP) is 6.22. The lowest BCUT2D eigenvalue weighted by Crippen LogP contribution is -2.09. The molecule has 24 heavy (non-hydrogen) atoms. The molecule has 0 aliphatic heterocycles. The van der Waals surface area contributed by atoms with Gasteiger partial charge in [0.15, 0.2) is 0 Å². The first-order valence-electron chi connectivity index (χ1n) is 8.05. The third-order valence-electron chi connectivity index (χ3n) is 3.93. The van der Waals surface area contributed by atoms with Gasteiger partial charge in [-0.1, -0.05) is 56.8 Å². The lowest BCUT2D eigenvalue weighted by molar-refractivity contribution is 0.217. The predicted molar refractivity (Wildman–Crippen MR) is 104 cm³/mol. The van der Waals surface area contributed by atoms with Gasteiger partial charge in [0, 0.05) is 11.6 Å². The van der Waals surface area contributed by atoms with E-state index in [1.165, 1.54) is 10.9 Å². The summed E-state index contributed by atoms with van der Waals surface area (Å²) >= 11 is 0. The maximum Gasteiger partial charge on any atom is 0.119 e. The summed E-state index contributed by atoms with van der Waals surface area (Å²) in [5.74, 6) is 0.922. The van der Waals surface area contributed by atoms with Crippen LogP contribution in [0, 0.1) is 0 Å². The van der Waals surface area contributed by atoms with Crippen LogP contribution in [0.3, 0.4) is 0 Å². The van der Waals surface area contributed by atoms with E-state index in [4.69, 9.17) is 4.74 Å². The van der Waals surface area contributed by atoms with Gasteiger partial charge in [-0.25, -0.2) is 0 Å². The summed E-state index contributed by atoms with van der Waals surface area (Å²) in [4.78, 5) is 4.39. The number of pyridine rings is 1. The fraction of sp³-hybridized carbons (Fsp3) is 0.227. The summed E-state index contributed by atoms with van der Waals surface area (Å²) in [7, 11) is 0. The van der Waals surface area contributed by atoms with Crippen molar-refractivity contribution < 1.29 is 4.74 Å². The van der Waals surface area contributed by atoms with E-state index in [1.54, 1.807) is 0 Å². The number of nitrogens with zero attached hydrogens (tertiary/aromatic N) is 1. The zero-order valence-electron chi connectivity index (χ0n) is 13.6. The van der Waals surface area contributed by atoms with Crippen molar-refractivity contribution in [1.82, 2.24) is 4.98 Å². The van der Waals surface area contributed by atoms with Crippen molar-refractivity contribution in [3.05, 3.63) is 71.9 Å². The van der Waals surface area contributed by atoms with Crippen molar-refractivity contribution in [3.63, 3.8) is 0 Å². The largest absolute Gasteiger partial charge is 0.491 e. The molecule has 0 amide bonds. The van der Waals surface area contributed by atoms with Crippen LogP contribution in [0.5, 0.6) is 5.75 Å². The number of aromatic nitrogens is 1. The number of fused-ring (bicyclic) bond motifs is 1. The average molecular weight is 319 g/mol. The van der Waals surface area contributed by atoms with Crippen LogP contribution in [0.1, 0.15) is 38.8 Å². The summed E-state index contributed by atoms with van der Waals surface area (Å²) in [5.41, 5.74) is 3.35. The molecule has 1 heterocycles. The van der Waals surface area contributed by atoms with Crippen molar-refractivity contribution in [3.8, 4) is 5.75 Å². The van der Waals surface area contributed by atoms with Crippen molar-refractivity contribution in [1.29, 1.82) is 0 Å². The average Bonchev–Trinajstić information content (AvgIpc) is 2.61. The number of para-hydroxylation sites is 1. The van der Waals surface area contributed by atoms with E-state index in [2.05, 4.69) is 49.2 Å². The van der Waals surface area contributed by atoms with Crippen LogP contribution in [-0.4, -0.2) is 11.1 Å². The van der Waals surface area contributed by atoms with Gasteiger partial charge in [-0.2, -0.15) is 0 Å². The van der Waals surface area contributed by atoms with Crippen molar-refractivity contribution in [2.45, 2.75) is 33.8 Å². The summed E-state index contributed by atoms with van der Waals surface area (Å²) in [5, 5.41) is 1.17. The first kappa shape index (κ1) is 17.7. The highest BCUT2D eigenvalue weighted by Gasteiger charge is 2.01. The highest BCUT2D eigenvalue weighted by atomic mass is 16.5. The minimum Gasteiger partial charge on any atom is -0.491 e. The Morgan fingerprint density at radius 2 is 1.75 bits per heavy atom. The maximum atomic E-state index is 5.81. The monoisotopic (exact) mass is 319 g/mol. The molecule has 1 unspecified atom stereocenters. The second-order valence-corrected chi connectivity index (χ2v) is 5.66. The Balaban J connectivity index is 0.00000208. The minimum atomic E-state index is 0. The summed E-state index contributed by atoms with van der Waals surface area (Å²) in [6.07, 6.45) is 7.37. The first-order valence-corrected chi connectivity index (χ1v) is 8.05.